The van der Waals surface area contributed by atoms with E-state index in [2.05, 4.69) is 10.2 Å². The molecule has 0 spiro atoms. The van der Waals surface area contributed by atoms with Crippen molar-refractivity contribution in [3.63, 3.8) is 0 Å². The molecule has 0 heterocycles. The Balaban J connectivity index is 3.90. The van der Waals surface area contributed by atoms with Crippen molar-refractivity contribution in [1.29, 1.82) is 10.8 Å². The van der Waals surface area contributed by atoms with Crippen LogP contribution >= 0.6 is 0 Å². The first-order chi connectivity index (χ1) is 6.41. The highest BCUT2D eigenvalue weighted by molar-refractivity contribution is 5.77. The quantitative estimate of drug-likeness (QED) is 0.287. The van der Waals surface area contributed by atoms with Gasteiger partial charge < -0.3 is 11.5 Å². The van der Waals surface area contributed by atoms with Gasteiger partial charge >= 0.3 is 0 Å². The zero-order chi connectivity index (χ0) is 11.1. The van der Waals surface area contributed by atoms with Crippen LogP contribution in [0.4, 0.5) is 0 Å². The first kappa shape index (κ1) is 12.5. The van der Waals surface area contributed by atoms with Gasteiger partial charge in [0.1, 0.15) is 0 Å². The van der Waals surface area contributed by atoms with Gasteiger partial charge in [0.25, 0.3) is 0 Å². The number of nitrogens with two attached hydrogens (primary N) is 2. The SMILES string of the molecule is CC(CC(=N)N)N=NC(C)CC(=N)N. The molecule has 0 aliphatic heterocycles. The van der Waals surface area contributed by atoms with Crippen LogP contribution in [0.1, 0.15) is 26.7 Å². The van der Waals surface area contributed by atoms with E-state index in [1.807, 2.05) is 13.8 Å². The van der Waals surface area contributed by atoms with Crippen LogP contribution in [0.5, 0.6) is 0 Å². The Morgan fingerprint density at radius 2 is 1.29 bits per heavy atom. The van der Waals surface area contributed by atoms with Crippen molar-refractivity contribution >= 4 is 11.7 Å². The van der Waals surface area contributed by atoms with Crippen molar-refractivity contribution in [1.82, 2.24) is 0 Å². The molecule has 14 heavy (non-hydrogen) atoms. The molecule has 2 unspecified atom stereocenters. The Morgan fingerprint density at radius 1 is 1.00 bits per heavy atom. The van der Waals surface area contributed by atoms with Gasteiger partial charge in [-0.15, -0.1) is 0 Å². The molecule has 0 aliphatic rings. The second-order valence-electron chi connectivity index (χ2n) is 3.39. The maximum atomic E-state index is 7.05. The molecule has 0 bridgehead atoms. The van der Waals surface area contributed by atoms with Crippen LogP contribution in [0, 0.1) is 10.8 Å². The van der Waals surface area contributed by atoms with Crippen LogP contribution in [0.15, 0.2) is 10.2 Å². The average molecular weight is 198 g/mol. The number of hydrogen-bond donors (Lipinski definition) is 4. The van der Waals surface area contributed by atoms with Crippen LogP contribution < -0.4 is 11.5 Å². The molecule has 0 aromatic heterocycles. The Hall–Kier alpha value is -1.46. The third-order valence-electron chi connectivity index (χ3n) is 1.49. The zero-order valence-corrected chi connectivity index (χ0v) is 8.62. The van der Waals surface area contributed by atoms with E-state index in [1.54, 1.807) is 0 Å². The fourth-order valence-corrected chi connectivity index (χ4v) is 0.946. The summed E-state index contributed by atoms with van der Waals surface area (Å²) in [5.74, 6) is 0.214. The fraction of sp³-hybridized carbons (Fsp3) is 0.750. The molecule has 6 heteroatoms. The first-order valence-electron chi connectivity index (χ1n) is 4.47. The maximum Gasteiger partial charge on any atom is 0.0927 e. The van der Waals surface area contributed by atoms with E-state index in [0.717, 1.165) is 0 Å². The van der Waals surface area contributed by atoms with Gasteiger partial charge in [0.2, 0.25) is 0 Å². The van der Waals surface area contributed by atoms with Gasteiger partial charge in [0.15, 0.2) is 0 Å². The van der Waals surface area contributed by atoms with Crippen LogP contribution in [0.25, 0.3) is 0 Å². The van der Waals surface area contributed by atoms with Gasteiger partial charge in [-0.25, -0.2) is 0 Å². The van der Waals surface area contributed by atoms with Crippen molar-refractivity contribution in [3.8, 4) is 0 Å². The average Bonchev–Trinajstić information content (AvgIpc) is 1.98. The minimum absolute atomic E-state index is 0.0816. The van der Waals surface area contributed by atoms with Crippen LogP contribution in [-0.4, -0.2) is 23.8 Å². The Morgan fingerprint density at radius 3 is 1.50 bits per heavy atom. The maximum absolute atomic E-state index is 7.05. The predicted molar refractivity (Wildman–Crippen MR) is 56.8 cm³/mol. The topological polar surface area (TPSA) is 124 Å². The van der Waals surface area contributed by atoms with E-state index in [1.165, 1.54) is 0 Å². The molecule has 0 aliphatic carbocycles. The van der Waals surface area contributed by atoms with Gasteiger partial charge in [-0.3, -0.25) is 10.8 Å². The summed E-state index contributed by atoms with van der Waals surface area (Å²) in [5.41, 5.74) is 10.4. The molecule has 6 N–H and O–H groups in total. The number of hydrogen-bond acceptors (Lipinski definition) is 4. The van der Waals surface area contributed by atoms with E-state index in [-0.39, 0.29) is 23.8 Å². The molecule has 0 saturated carbocycles. The van der Waals surface area contributed by atoms with Crippen molar-refractivity contribution in [2.45, 2.75) is 38.8 Å². The first-order valence-corrected chi connectivity index (χ1v) is 4.47. The van der Waals surface area contributed by atoms with E-state index >= 15 is 0 Å². The lowest BCUT2D eigenvalue weighted by atomic mass is 10.2. The largest absolute Gasteiger partial charge is 0.388 e. The molecule has 0 fully saturated rings. The molecular formula is C8H18N6. The lowest BCUT2D eigenvalue weighted by Crippen LogP contribution is -2.17. The summed E-state index contributed by atoms with van der Waals surface area (Å²) in [6, 6.07) is -0.163. The van der Waals surface area contributed by atoms with Crippen LogP contribution in [0.3, 0.4) is 0 Å². The highest BCUT2D eigenvalue weighted by Gasteiger charge is 2.04. The Labute approximate surface area is 83.8 Å². The number of nitrogens with zero attached hydrogens (tertiary/aromatic N) is 2. The Kier molecular flexibility index (Phi) is 5.43. The smallest absolute Gasteiger partial charge is 0.0927 e. The van der Waals surface area contributed by atoms with Crippen molar-refractivity contribution in [2.24, 2.45) is 21.7 Å². The summed E-state index contributed by atoms with van der Waals surface area (Å²) in [4.78, 5) is 0. The van der Waals surface area contributed by atoms with E-state index in [4.69, 9.17) is 22.3 Å². The monoisotopic (exact) mass is 198 g/mol. The lowest BCUT2D eigenvalue weighted by Gasteiger charge is -2.06. The highest BCUT2D eigenvalue weighted by atomic mass is 15.1. The van der Waals surface area contributed by atoms with Gasteiger partial charge in [-0.2, -0.15) is 10.2 Å². The van der Waals surface area contributed by atoms with Gasteiger partial charge in [0.05, 0.1) is 23.8 Å². The second-order valence-corrected chi connectivity index (χ2v) is 3.39. The zero-order valence-electron chi connectivity index (χ0n) is 8.62. The normalized spacial score (nSPS) is 15.3. The van der Waals surface area contributed by atoms with Gasteiger partial charge in [-0.05, 0) is 13.8 Å². The standard InChI is InChI=1S/C8H18N6/c1-5(3-7(9)10)13-14-6(2)4-8(11)12/h5-6H,3-4H2,1-2H3,(H3,9,10)(H3,11,12). The fourth-order valence-electron chi connectivity index (χ4n) is 0.946. The van der Waals surface area contributed by atoms with Crippen LogP contribution in [0.2, 0.25) is 0 Å². The minimum Gasteiger partial charge on any atom is -0.388 e. The number of azo groups is 1. The summed E-state index contributed by atoms with van der Waals surface area (Å²) in [7, 11) is 0. The molecular weight excluding hydrogens is 180 g/mol. The third kappa shape index (κ3) is 7.20. The molecule has 0 radical (unpaired) electrons. The molecule has 80 valence electrons. The number of amidine groups is 2. The third-order valence-corrected chi connectivity index (χ3v) is 1.49. The molecule has 0 rings (SSSR count). The van der Waals surface area contributed by atoms with E-state index in [9.17, 15) is 0 Å². The summed E-state index contributed by atoms with van der Waals surface area (Å²) in [6.07, 6.45) is 0.826. The van der Waals surface area contributed by atoms with Crippen molar-refractivity contribution in [3.05, 3.63) is 0 Å². The molecule has 0 amide bonds. The lowest BCUT2D eigenvalue weighted by molar-refractivity contribution is 0.637. The molecule has 6 nitrogen and oxygen atoms in total. The van der Waals surface area contributed by atoms with Crippen molar-refractivity contribution in [2.75, 3.05) is 0 Å². The number of nitrogens with one attached hydrogen (secondary N) is 2. The molecule has 2 atom stereocenters. The minimum atomic E-state index is -0.0816. The van der Waals surface area contributed by atoms with Gasteiger partial charge in [0, 0.05) is 12.8 Å². The van der Waals surface area contributed by atoms with Crippen LogP contribution in [-0.2, 0) is 0 Å². The summed E-state index contributed by atoms with van der Waals surface area (Å²) < 4.78 is 0. The number of rotatable bonds is 6. The molecule has 0 aromatic carbocycles. The summed E-state index contributed by atoms with van der Waals surface area (Å²) in [5, 5.41) is 22.0. The summed E-state index contributed by atoms with van der Waals surface area (Å²) >= 11 is 0. The Bertz CT molecular complexity index is 210. The highest BCUT2D eigenvalue weighted by Crippen LogP contribution is 2.02. The summed E-state index contributed by atoms with van der Waals surface area (Å²) in [6.45, 7) is 3.68. The van der Waals surface area contributed by atoms with E-state index in [0.29, 0.717) is 12.8 Å². The van der Waals surface area contributed by atoms with Crippen molar-refractivity contribution < 1.29 is 0 Å². The van der Waals surface area contributed by atoms with E-state index < -0.39 is 0 Å². The molecule has 0 saturated heterocycles. The molecule has 0 aromatic rings. The van der Waals surface area contributed by atoms with Gasteiger partial charge in [-0.1, -0.05) is 0 Å². The second kappa shape index (κ2) is 6.06. The predicted octanol–water partition coefficient (Wildman–Crippen LogP) is 0.868.